The second-order valence-corrected chi connectivity index (χ2v) is 12.4. The fourth-order valence-electron chi connectivity index (χ4n) is 5.31. The van der Waals surface area contributed by atoms with Gasteiger partial charge in [0, 0.05) is 16.5 Å². The van der Waals surface area contributed by atoms with Crippen LogP contribution in [0, 0.1) is 0 Å². The van der Waals surface area contributed by atoms with Crippen molar-refractivity contribution in [2.24, 2.45) is 0 Å². The molecule has 44 heavy (non-hydrogen) atoms. The lowest BCUT2D eigenvalue weighted by atomic mass is 9.62. The van der Waals surface area contributed by atoms with E-state index in [1.807, 2.05) is 57.1 Å². The Morgan fingerprint density at radius 2 is 1.11 bits per heavy atom. The van der Waals surface area contributed by atoms with Crippen LogP contribution < -0.4 is 5.46 Å². The van der Waals surface area contributed by atoms with Crippen LogP contribution in [0.2, 0.25) is 6.82 Å². The van der Waals surface area contributed by atoms with Crippen molar-refractivity contribution >= 4 is 23.3 Å². The summed E-state index contributed by atoms with van der Waals surface area (Å²) in [6.07, 6.45) is 0. The number of benzene rings is 5. The van der Waals surface area contributed by atoms with E-state index in [2.05, 4.69) is 91.0 Å². The van der Waals surface area contributed by atoms with Crippen molar-refractivity contribution in [2.45, 2.75) is 45.7 Å². The Bertz CT molecular complexity index is 1890. The molecule has 1 heterocycles. The average molecular weight is 577 g/mol. The van der Waals surface area contributed by atoms with E-state index < -0.39 is 11.2 Å². The minimum absolute atomic E-state index is 0.189. The van der Waals surface area contributed by atoms with Crippen molar-refractivity contribution < 1.29 is 9.76 Å². The summed E-state index contributed by atoms with van der Waals surface area (Å²) in [5.74, 6) is 0.676. The quantitative estimate of drug-likeness (QED) is 0.184. The van der Waals surface area contributed by atoms with E-state index >= 15 is 0 Å². The van der Waals surface area contributed by atoms with Gasteiger partial charge in [-0.05, 0) is 67.5 Å². The fraction of sp³-hybridized carbons (Fsp3) is 0.179. The van der Waals surface area contributed by atoms with Crippen LogP contribution in [0.3, 0.4) is 0 Å². The minimum atomic E-state index is -0.971. The fourth-order valence-corrected chi connectivity index (χ4v) is 5.31. The molecule has 218 valence electrons. The van der Waals surface area contributed by atoms with Gasteiger partial charge >= 0.3 is 6.92 Å². The Labute approximate surface area is 260 Å². The van der Waals surface area contributed by atoms with Gasteiger partial charge in [-0.3, -0.25) is 0 Å². The maximum atomic E-state index is 10.5. The number of nitrogens with zero attached hydrogens (tertiary/aromatic N) is 2. The van der Waals surface area contributed by atoms with Gasteiger partial charge in [-0.2, -0.15) is 0 Å². The molecule has 0 saturated heterocycles. The number of aliphatic hydroxyl groups is 1. The zero-order valence-corrected chi connectivity index (χ0v) is 26.0. The Morgan fingerprint density at radius 3 is 1.77 bits per heavy atom. The van der Waals surface area contributed by atoms with Crippen LogP contribution >= 0.6 is 0 Å². The number of aromatic nitrogens is 2. The molecule has 0 saturated carbocycles. The van der Waals surface area contributed by atoms with E-state index in [0.717, 1.165) is 38.8 Å². The molecule has 5 heteroatoms. The van der Waals surface area contributed by atoms with Crippen LogP contribution in [0.4, 0.5) is 0 Å². The third kappa shape index (κ3) is 6.07. The molecule has 5 aromatic carbocycles. The van der Waals surface area contributed by atoms with E-state index in [1.165, 1.54) is 16.7 Å². The van der Waals surface area contributed by atoms with Gasteiger partial charge in [0.1, 0.15) is 0 Å². The molecule has 4 nitrogen and oxygen atoms in total. The molecular formula is C39H37BN2O2. The summed E-state index contributed by atoms with van der Waals surface area (Å²) in [7, 11) is 0. The van der Waals surface area contributed by atoms with Crippen LogP contribution in [0.15, 0.2) is 127 Å². The van der Waals surface area contributed by atoms with Gasteiger partial charge in [0.2, 0.25) is 0 Å². The molecule has 0 aliphatic rings. The van der Waals surface area contributed by atoms with Crippen molar-refractivity contribution in [3.05, 3.63) is 127 Å². The third-order valence-electron chi connectivity index (χ3n) is 8.65. The normalized spacial score (nSPS) is 12.0. The molecule has 6 aromatic rings. The number of para-hydroxylation sites is 1. The lowest BCUT2D eigenvalue weighted by molar-refractivity contribution is -0.0918. The zero-order chi connectivity index (χ0) is 30.9. The second-order valence-electron chi connectivity index (χ2n) is 12.4. The summed E-state index contributed by atoms with van der Waals surface area (Å²) in [5, 5.41) is 11.5. The van der Waals surface area contributed by atoms with E-state index in [9.17, 15) is 5.11 Å². The van der Waals surface area contributed by atoms with Crippen LogP contribution in [0.1, 0.15) is 27.7 Å². The van der Waals surface area contributed by atoms with Crippen molar-refractivity contribution in [1.82, 2.24) is 9.97 Å². The van der Waals surface area contributed by atoms with Gasteiger partial charge in [0.25, 0.3) is 0 Å². The predicted molar refractivity (Wildman–Crippen MR) is 184 cm³/mol. The first-order chi connectivity index (χ1) is 21.1. The average Bonchev–Trinajstić information content (AvgIpc) is 3.04. The third-order valence-corrected chi connectivity index (χ3v) is 8.65. The first-order valence-electron chi connectivity index (χ1n) is 15.1. The molecular weight excluding hydrogens is 539 g/mol. The van der Waals surface area contributed by atoms with Gasteiger partial charge in [-0.25, -0.2) is 9.97 Å². The molecule has 0 atom stereocenters. The first-order valence-corrected chi connectivity index (χ1v) is 15.1. The highest BCUT2D eigenvalue weighted by molar-refractivity contribution is 6.66. The summed E-state index contributed by atoms with van der Waals surface area (Å²) in [6, 6.07) is 44.1. The Morgan fingerprint density at radius 1 is 0.568 bits per heavy atom. The second kappa shape index (κ2) is 11.8. The number of fused-ring (bicyclic) bond motifs is 1. The Hall–Kier alpha value is -4.58. The maximum absolute atomic E-state index is 10.5. The van der Waals surface area contributed by atoms with Crippen LogP contribution in [0.5, 0.6) is 0 Å². The van der Waals surface area contributed by atoms with Gasteiger partial charge < -0.3 is 9.76 Å². The standard InChI is InChI=1S/C39H37BN2O2/c1-38(2,43)39(3,4)44-40(5)33-24-22-30(23-25-33)37-41-35-17-10-9-16-34(35)36(42-37)29-20-18-28(19-21-29)32-15-11-14-31(26-32)27-12-7-6-8-13-27/h6-26,43H,1-5H3. The summed E-state index contributed by atoms with van der Waals surface area (Å²) in [6.45, 7) is 9.19. The number of hydrogen-bond donors (Lipinski definition) is 1. The van der Waals surface area contributed by atoms with Crippen LogP contribution in [-0.4, -0.2) is 33.2 Å². The molecule has 0 radical (unpaired) electrons. The molecule has 6 rings (SSSR count). The van der Waals surface area contributed by atoms with Gasteiger partial charge in [-0.1, -0.05) is 122 Å². The predicted octanol–water partition coefficient (Wildman–Crippen LogP) is 8.69. The smallest absolute Gasteiger partial charge is 0.324 e. The Balaban J connectivity index is 1.31. The van der Waals surface area contributed by atoms with Crippen molar-refractivity contribution in [2.75, 3.05) is 0 Å². The van der Waals surface area contributed by atoms with E-state index in [1.54, 1.807) is 13.8 Å². The van der Waals surface area contributed by atoms with Crippen molar-refractivity contribution in [1.29, 1.82) is 0 Å². The molecule has 0 unspecified atom stereocenters. The number of hydrogen-bond acceptors (Lipinski definition) is 4. The summed E-state index contributed by atoms with van der Waals surface area (Å²) < 4.78 is 6.26. The summed E-state index contributed by atoms with van der Waals surface area (Å²) in [4.78, 5) is 10.0. The summed E-state index contributed by atoms with van der Waals surface area (Å²) in [5.41, 5.74) is 7.87. The molecule has 0 bridgehead atoms. The SMILES string of the molecule is CB(OC(C)(C)C(C)(C)O)c1ccc(-c2nc(-c3ccc(-c4cccc(-c5ccccc5)c4)cc3)c3ccccc3n2)cc1. The van der Waals surface area contributed by atoms with Crippen molar-refractivity contribution in [3.63, 3.8) is 0 Å². The topological polar surface area (TPSA) is 55.2 Å². The highest BCUT2D eigenvalue weighted by Crippen LogP contribution is 2.32. The zero-order valence-electron chi connectivity index (χ0n) is 26.0. The lowest BCUT2D eigenvalue weighted by Gasteiger charge is -2.39. The van der Waals surface area contributed by atoms with Gasteiger partial charge in [0.05, 0.1) is 22.4 Å². The summed E-state index contributed by atoms with van der Waals surface area (Å²) >= 11 is 0. The number of rotatable bonds is 8. The molecule has 1 N–H and O–H groups in total. The Kier molecular flexibility index (Phi) is 7.94. The first kappa shape index (κ1) is 29.5. The molecule has 0 aliphatic heterocycles. The largest absolute Gasteiger partial charge is 0.423 e. The van der Waals surface area contributed by atoms with Gasteiger partial charge in [0.15, 0.2) is 5.82 Å². The minimum Gasteiger partial charge on any atom is -0.423 e. The molecule has 0 spiro atoms. The lowest BCUT2D eigenvalue weighted by Crippen LogP contribution is -2.52. The molecule has 0 fully saturated rings. The highest BCUT2D eigenvalue weighted by atomic mass is 16.5. The van der Waals surface area contributed by atoms with E-state index in [-0.39, 0.29) is 6.92 Å². The van der Waals surface area contributed by atoms with Crippen molar-refractivity contribution in [3.8, 4) is 44.9 Å². The maximum Gasteiger partial charge on any atom is 0.324 e. The molecule has 1 aromatic heterocycles. The molecule has 0 aliphatic carbocycles. The van der Waals surface area contributed by atoms with Crippen LogP contribution in [-0.2, 0) is 4.65 Å². The molecule has 0 amide bonds. The van der Waals surface area contributed by atoms with Crippen LogP contribution in [0.25, 0.3) is 55.8 Å². The monoisotopic (exact) mass is 576 g/mol. The van der Waals surface area contributed by atoms with Gasteiger partial charge in [-0.15, -0.1) is 0 Å². The van der Waals surface area contributed by atoms with E-state index in [0.29, 0.717) is 5.82 Å². The highest BCUT2D eigenvalue weighted by Gasteiger charge is 2.38. The van der Waals surface area contributed by atoms with E-state index in [4.69, 9.17) is 14.6 Å².